The van der Waals surface area contributed by atoms with E-state index >= 15 is 0 Å². The first-order valence-corrected chi connectivity index (χ1v) is 9.78. The van der Waals surface area contributed by atoms with Gasteiger partial charge in [-0.1, -0.05) is 18.2 Å². The van der Waals surface area contributed by atoms with Crippen LogP contribution in [0.1, 0.15) is 34.1 Å². The van der Waals surface area contributed by atoms with Gasteiger partial charge in [0.2, 0.25) is 5.91 Å². The summed E-state index contributed by atoms with van der Waals surface area (Å²) >= 11 is 2.99. The molecule has 1 aromatic heterocycles. The average Bonchev–Trinajstić information content (AvgIpc) is 3.14. The van der Waals surface area contributed by atoms with E-state index in [9.17, 15) is 9.59 Å². The lowest BCUT2D eigenvalue weighted by Gasteiger charge is -2.08. The highest BCUT2D eigenvalue weighted by Gasteiger charge is 2.28. The lowest BCUT2D eigenvalue weighted by molar-refractivity contribution is -0.113. The number of thioether (sulfide) groups is 1. The molecular formula is C18H19NO3S2. The van der Waals surface area contributed by atoms with E-state index in [0.29, 0.717) is 22.9 Å². The summed E-state index contributed by atoms with van der Waals surface area (Å²) in [6.45, 7) is 2.12. The largest absolute Gasteiger partial charge is 0.462 e. The van der Waals surface area contributed by atoms with E-state index in [0.717, 1.165) is 29.7 Å². The van der Waals surface area contributed by atoms with Crippen molar-refractivity contribution in [1.82, 2.24) is 0 Å². The van der Waals surface area contributed by atoms with Gasteiger partial charge in [-0.25, -0.2) is 4.79 Å². The highest BCUT2D eigenvalue weighted by molar-refractivity contribution is 8.00. The first kappa shape index (κ1) is 17.0. The van der Waals surface area contributed by atoms with Crippen LogP contribution in [0.15, 0.2) is 35.2 Å². The standard InChI is InChI=1S/C18H19NO3S2/c1-2-22-18(21)16-13-9-6-10-14(13)24-17(16)19-15(20)11-23-12-7-4-3-5-8-12/h3-5,7-8H,2,6,9-11H2,1H3,(H,19,20). The molecular weight excluding hydrogens is 342 g/mol. The number of esters is 1. The van der Waals surface area contributed by atoms with Crippen molar-refractivity contribution in [2.75, 3.05) is 17.7 Å². The molecule has 1 N–H and O–H groups in total. The normalized spacial score (nSPS) is 12.7. The number of hydrogen-bond acceptors (Lipinski definition) is 5. The molecule has 1 heterocycles. The van der Waals surface area contributed by atoms with Gasteiger partial charge in [0.05, 0.1) is 17.9 Å². The van der Waals surface area contributed by atoms with Crippen LogP contribution in [0.3, 0.4) is 0 Å². The number of fused-ring (bicyclic) bond motifs is 1. The van der Waals surface area contributed by atoms with E-state index in [1.165, 1.54) is 28.0 Å². The predicted octanol–water partition coefficient (Wildman–Crippen LogP) is 4.14. The second-order valence-electron chi connectivity index (χ2n) is 5.43. The number of carbonyl (C=O) groups excluding carboxylic acids is 2. The maximum absolute atomic E-state index is 12.3. The third-order valence-corrected chi connectivity index (χ3v) is 5.99. The fourth-order valence-corrected chi connectivity index (χ4v) is 4.75. The number of nitrogens with one attached hydrogen (secondary N) is 1. The summed E-state index contributed by atoms with van der Waals surface area (Å²) < 4.78 is 5.17. The molecule has 1 aliphatic rings. The quantitative estimate of drug-likeness (QED) is 0.620. The lowest BCUT2D eigenvalue weighted by atomic mass is 10.1. The minimum absolute atomic E-state index is 0.102. The number of thiophene rings is 1. The first-order valence-electron chi connectivity index (χ1n) is 7.98. The molecule has 0 unspecified atom stereocenters. The number of benzene rings is 1. The van der Waals surface area contributed by atoms with E-state index in [4.69, 9.17) is 4.74 Å². The van der Waals surface area contributed by atoms with Crippen LogP contribution in [0.2, 0.25) is 0 Å². The Morgan fingerprint density at radius 2 is 2.04 bits per heavy atom. The Bertz CT molecular complexity index is 740. The molecule has 0 aliphatic heterocycles. The van der Waals surface area contributed by atoms with E-state index < -0.39 is 0 Å². The van der Waals surface area contributed by atoms with Gasteiger partial charge in [0.1, 0.15) is 5.00 Å². The van der Waals surface area contributed by atoms with Crippen molar-refractivity contribution in [3.05, 3.63) is 46.3 Å². The molecule has 0 radical (unpaired) electrons. The summed E-state index contributed by atoms with van der Waals surface area (Å²) in [6.07, 6.45) is 2.92. The van der Waals surface area contributed by atoms with Crippen LogP contribution in [0, 0.1) is 0 Å². The Labute approximate surface area is 149 Å². The molecule has 1 amide bonds. The van der Waals surface area contributed by atoms with Crippen molar-refractivity contribution in [2.24, 2.45) is 0 Å². The van der Waals surface area contributed by atoms with Gasteiger partial charge in [-0.15, -0.1) is 23.1 Å². The summed E-state index contributed by atoms with van der Waals surface area (Å²) in [7, 11) is 0. The van der Waals surface area contributed by atoms with Crippen LogP contribution in [0.5, 0.6) is 0 Å². The van der Waals surface area contributed by atoms with Crippen LogP contribution in [0.25, 0.3) is 0 Å². The Balaban J connectivity index is 1.70. The molecule has 2 aromatic rings. The van der Waals surface area contributed by atoms with Crippen molar-refractivity contribution >= 4 is 40.0 Å². The molecule has 24 heavy (non-hydrogen) atoms. The number of aryl methyl sites for hydroxylation is 1. The second-order valence-corrected chi connectivity index (χ2v) is 7.59. The van der Waals surface area contributed by atoms with Gasteiger partial charge >= 0.3 is 5.97 Å². The van der Waals surface area contributed by atoms with Crippen LogP contribution >= 0.6 is 23.1 Å². The first-order chi connectivity index (χ1) is 11.7. The Kier molecular flexibility index (Phi) is 5.58. The molecule has 1 aromatic carbocycles. The van der Waals surface area contributed by atoms with E-state index in [1.54, 1.807) is 6.92 Å². The average molecular weight is 361 g/mol. The van der Waals surface area contributed by atoms with E-state index in [2.05, 4.69) is 5.32 Å². The molecule has 1 aliphatic carbocycles. The number of hydrogen-bond donors (Lipinski definition) is 1. The van der Waals surface area contributed by atoms with Crippen molar-refractivity contribution in [2.45, 2.75) is 31.1 Å². The maximum atomic E-state index is 12.3. The van der Waals surface area contributed by atoms with Gasteiger partial charge in [-0.05, 0) is 43.9 Å². The molecule has 4 nitrogen and oxygen atoms in total. The fourth-order valence-electron chi connectivity index (χ4n) is 2.74. The molecule has 6 heteroatoms. The SMILES string of the molecule is CCOC(=O)c1c(NC(=O)CSc2ccccc2)sc2c1CCC2. The molecule has 0 saturated heterocycles. The van der Waals surface area contributed by atoms with Gasteiger partial charge in [0.15, 0.2) is 0 Å². The summed E-state index contributed by atoms with van der Waals surface area (Å²) in [5, 5.41) is 3.54. The topological polar surface area (TPSA) is 55.4 Å². The van der Waals surface area contributed by atoms with Crippen LogP contribution in [0.4, 0.5) is 5.00 Å². The van der Waals surface area contributed by atoms with Crippen molar-refractivity contribution < 1.29 is 14.3 Å². The second kappa shape index (κ2) is 7.85. The number of rotatable bonds is 6. The molecule has 0 spiro atoms. The number of ether oxygens (including phenoxy) is 1. The summed E-state index contributed by atoms with van der Waals surface area (Å²) in [5.41, 5.74) is 1.62. The summed E-state index contributed by atoms with van der Waals surface area (Å²) in [6, 6.07) is 9.79. The van der Waals surface area contributed by atoms with Crippen molar-refractivity contribution in [3.8, 4) is 0 Å². The summed E-state index contributed by atoms with van der Waals surface area (Å²) in [4.78, 5) is 26.8. The predicted molar refractivity (Wildman–Crippen MR) is 98.1 cm³/mol. The minimum Gasteiger partial charge on any atom is -0.462 e. The number of carbonyl (C=O) groups is 2. The number of anilines is 1. The summed E-state index contributed by atoms with van der Waals surface area (Å²) in [5.74, 6) is -0.119. The maximum Gasteiger partial charge on any atom is 0.341 e. The zero-order valence-corrected chi connectivity index (χ0v) is 15.1. The van der Waals surface area contributed by atoms with Crippen LogP contribution in [-0.2, 0) is 22.4 Å². The van der Waals surface area contributed by atoms with Gasteiger partial charge in [-0.2, -0.15) is 0 Å². The van der Waals surface area contributed by atoms with E-state index in [1.807, 2.05) is 30.3 Å². The monoisotopic (exact) mass is 361 g/mol. The van der Waals surface area contributed by atoms with Crippen molar-refractivity contribution in [1.29, 1.82) is 0 Å². The van der Waals surface area contributed by atoms with Crippen molar-refractivity contribution in [3.63, 3.8) is 0 Å². The molecule has 3 rings (SSSR count). The van der Waals surface area contributed by atoms with Crippen LogP contribution < -0.4 is 5.32 Å². The minimum atomic E-state index is -0.331. The smallest absolute Gasteiger partial charge is 0.341 e. The van der Waals surface area contributed by atoms with Gasteiger partial charge in [0.25, 0.3) is 0 Å². The Hall–Kier alpha value is -1.79. The third kappa shape index (κ3) is 3.82. The zero-order chi connectivity index (χ0) is 16.9. The lowest BCUT2D eigenvalue weighted by Crippen LogP contribution is -2.16. The Morgan fingerprint density at radius 1 is 1.25 bits per heavy atom. The highest BCUT2D eigenvalue weighted by atomic mass is 32.2. The molecule has 0 bridgehead atoms. The van der Waals surface area contributed by atoms with E-state index in [-0.39, 0.29) is 11.9 Å². The molecule has 0 atom stereocenters. The van der Waals surface area contributed by atoms with Crippen LogP contribution in [-0.4, -0.2) is 24.2 Å². The fraction of sp³-hybridized carbons (Fsp3) is 0.333. The van der Waals surface area contributed by atoms with Gasteiger partial charge in [-0.3, -0.25) is 4.79 Å². The zero-order valence-electron chi connectivity index (χ0n) is 13.5. The third-order valence-electron chi connectivity index (χ3n) is 3.77. The molecule has 0 saturated carbocycles. The number of amides is 1. The molecule has 0 fully saturated rings. The Morgan fingerprint density at radius 3 is 2.79 bits per heavy atom. The molecule has 126 valence electrons. The van der Waals surface area contributed by atoms with Gasteiger partial charge < -0.3 is 10.1 Å². The highest BCUT2D eigenvalue weighted by Crippen LogP contribution is 2.39. The van der Waals surface area contributed by atoms with Gasteiger partial charge in [0, 0.05) is 9.77 Å².